The Morgan fingerprint density at radius 2 is 1.65 bits per heavy atom. The average Bonchev–Trinajstić information content (AvgIpc) is 3.92. The zero-order chi connectivity index (χ0) is 38.3. The van der Waals surface area contributed by atoms with E-state index in [1.165, 1.54) is 30.2 Å². The number of anilines is 4. The van der Waals surface area contributed by atoms with E-state index in [9.17, 15) is 14.4 Å². The molecule has 11 nitrogen and oxygen atoms in total. The summed E-state index contributed by atoms with van der Waals surface area (Å²) in [6.45, 7) is 4.62. The van der Waals surface area contributed by atoms with Crippen molar-refractivity contribution in [3.63, 3.8) is 0 Å². The average molecular weight is 771 g/mol. The summed E-state index contributed by atoms with van der Waals surface area (Å²) in [6, 6.07) is 24.3. The molecule has 0 atom stereocenters. The van der Waals surface area contributed by atoms with Crippen molar-refractivity contribution in [1.29, 1.82) is 0 Å². The molecule has 0 saturated carbocycles. The van der Waals surface area contributed by atoms with Crippen LogP contribution < -0.4 is 16.0 Å². The van der Waals surface area contributed by atoms with Crippen molar-refractivity contribution in [1.82, 2.24) is 24.8 Å². The number of aromatic nitrogens is 3. The number of amides is 3. The van der Waals surface area contributed by atoms with E-state index in [2.05, 4.69) is 44.9 Å². The van der Waals surface area contributed by atoms with Crippen LogP contribution in [0.15, 0.2) is 103 Å². The Labute approximate surface area is 328 Å². The molecular weight excluding hydrogens is 729 g/mol. The molecular formula is C42H42N8O3S2. The minimum absolute atomic E-state index is 0.0682. The third kappa shape index (κ3) is 9.49. The van der Waals surface area contributed by atoms with Crippen LogP contribution >= 0.6 is 22.7 Å². The van der Waals surface area contributed by atoms with E-state index in [4.69, 9.17) is 4.98 Å². The van der Waals surface area contributed by atoms with Gasteiger partial charge in [-0.1, -0.05) is 24.3 Å². The number of piperidine rings is 1. The van der Waals surface area contributed by atoms with Gasteiger partial charge in [0.2, 0.25) is 5.95 Å². The van der Waals surface area contributed by atoms with Gasteiger partial charge in [-0.15, -0.1) is 22.7 Å². The number of aryl methyl sites for hydroxylation is 1. The Morgan fingerprint density at radius 1 is 0.855 bits per heavy atom. The summed E-state index contributed by atoms with van der Waals surface area (Å²) in [5.41, 5.74) is 5.17. The van der Waals surface area contributed by atoms with Crippen molar-refractivity contribution < 1.29 is 14.4 Å². The van der Waals surface area contributed by atoms with E-state index in [1.807, 2.05) is 83.9 Å². The first-order chi connectivity index (χ1) is 26.7. The number of likely N-dealkylation sites (tertiary alicyclic amines) is 1. The largest absolute Gasteiger partial charge is 0.339 e. The van der Waals surface area contributed by atoms with E-state index in [1.54, 1.807) is 29.7 Å². The number of nitrogens with zero attached hydrogens (tertiary/aromatic N) is 5. The van der Waals surface area contributed by atoms with Gasteiger partial charge in [-0.05, 0) is 118 Å². The highest BCUT2D eigenvalue weighted by Gasteiger charge is 2.24. The van der Waals surface area contributed by atoms with Crippen LogP contribution in [0, 0.1) is 12.8 Å². The summed E-state index contributed by atoms with van der Waals surface area (Å²) < 4.78 is 0. The molecule has 2 aromatic carbocycles. The predicted octanol–water partition coefficient (Wildman–Crippen LogP) is 8.69. The van der Waals surface area contributed by atoms with E-state index in [-0.39, 0.29) is 17.7 Å². The SMILES string of the molecule is Cc1ccc(NC(=O)c2cncc(NC(=O)c3ccc(-c4cccs4)s3)c2)cc1Nc1nccc(-c2ccc(C(=O)N3CCC(CCN(C)C)CC3)cc2)n1. The molecule has 7 rings (SSSR count). The van der Waals surface area contributed by atoms with Crippen LogP contribution in [-0.2, 0) is 0 Å². The number of pyridine rings is 1. The van der Waals surface area contributed by atoms with Gasteiger partial charge in [-0.3, -0.25) is 19.4 Å². The lowest BCUT2D eigenvalue weighted by molar-refractivity contribution is 0.0683. The molecule has 1 saturated heterocycles. The van der Waals surface area contributed by atoms with Gasteiger partial charge < -0.3 is 25.8 Å². The number of carbonyl (C=O) groups excluding carboxylic acids is 3. The lowest BCUT2D eigenvalue weighted by atomic mass is 9.93. The smallest absolute Gasteiger partial charge is 0.265 e. The molecule has 0 bridgehead atoms. The number of rotatable bonds is 12. The maximum atomic E-state index is 13.3. The normalized spacial score (nSPS) is 13.1. The molecule has 13 heteroatoms. The van der Waals surface area contributed by atoms with E-state index >= 15 is 0 Å². The highest BCUT2D eigenvalue weighted by Crippen LogP contribution is 2.32. The number of carbonyl (C=O) groups is 3. The number of nitrogens with one attached hydrogen (secondary N) is 3. The van der Waals surface area contributed by atoms with Crippen LogP contribution in [-0.4, -0.2) is 76.2 Å². The van der Waals surface area contributed by atoms with E-state index < -0.39 is 0 Å². The minimum Gasteiger partial charge on any atom is -0.339 e. The fourth-order valence-electron chi connectivity index (χ4n) is 6.41. The predicted molar refractivity (Wildman–Crippen MR) is 222 cm³/mol. The molecule has 4 aromatic heterocycles. The minimum atomic E-state index is -0.376. The zero-order valence-corrected chi connectivity index (χ0v) is 32.5. The molecule has 0 radical (unpaired) electrons. The summed E-state index contributed by atoms with van der Waals surface area (Å²) in [5.74, 6) is 0.488. The van der Waals surface area contributed by atoms with Crippen LogP contribution in [0.5, 0.6) is 0 Å². The molecule has 0 spiro atoms. The second kappa shape index (κ2) is 17.1. The van der Waals surface area contributed by atoms with Gasteiger partial charge in [0.15, 0.2) is 0 Å². The lowest BCUT2D eigenvalue weighted by Crippen LogP contribution is -2.39. The molecule has 55 heavy (non-hydrogen) atoms. The van der Waals surface area contributed by atoms with Crippen molar-refractivity contribution >= 4 is 63.4 Å². The van der Waals surface area contributed by atoms with Crippen LogP contribution in [0.3, 0.4) is 0 Å². The van der Waals surface area contributed by atoms with Crippen LogP contribution in [0.25, 0.3) is 21.0 Å². The molecule has 3 N–H and O–H groups in total. The first-order valence-electron chi connectivity index (χ1n) is 18.1. The van der Waals surface area contributed by atoms with Crippen molar-refractivity contribution in [2.75, 3.05) is 49.7 Å². The summed E-state index contributed by atoms with van der Waals surface area (Å²) in [6.07, 6.45) is 7.91. The molecule has 1 aliphatic rings. The molecule has 1 fully saturated rings. The highest BCUT2D eigenvalue weighted by atomic mass is 32.1. The number of hydrogen-bond donors (Lipinski definition) is 3. The molecule has 6 aromatic rings. The third-order valence-corrected chi connectivity index (χ3v) is 11.7. The molecule has 0 aliphatic carbocycles. The number of thiophene rings is 2. The Balaban J connectivity index is 0.959. The maximum Gasteiger partial charge on any atom is 0.265 e. The van der Waals surface area contributed by atoms with E-state index in [0.29, 0.717) is 44.9 Å². The monoisotopic (exact) mass is 770 g/mol. The molecule has 5 heterocycles. The van der Waals surface area contributed by atoms with Gasteiger partial charge in [0.25, 0.3) is 17.7 Å². The molecule has 280 valence electrons. The Morgan fingerprint density at radius 3 is 2.42 bits per heavy atom. The number of hydrogen-bond acceptors (Lipinski definition) is 10. The van der Waals surface area contributed by atoms with Gasteiger partial charge in [0.05, 0.1) is 28.0 Å². The fourth-order valence-corrected chi connectivity index (χ4v) is 8.14. The third-order valence-electron chi connectivity index (χ3n) is 9.56. The van der Waals surface area contributed by atoms with Gasteiger partial charge in [-0.2, -0.15) is 0 Å². The molecule has 3 amide bonds. The number of benzene rings is 2. The Bertz CT molecular complexity index is 2280. The van der Waals surface area contributed by atoms with Gasteiger partial charge in [-0.25, -0.2) is 9.97 Å². The second-order valence-electron chi connectivity index (χ2n) is 13.8. The van der Waals surface area contributed by atoms with Crippen molar-refractivity contribution in [3.05, 3.63) is 124 Å². The zero-order valence-electron chi connectivity index (χ0n) is 30.9. The summed E-state index contributed by atoms with van der Waals surface area (Å²) >= 11 is 3.03. The molecule has 1 aliphatic heterocycles. The Hall–Kier alpha value is -5.76. The molecule has 0 unspecified atom stereocenters. The second-order valence-corrected chi connectivity index (χ2v) is 15.9. The quantitative estimate of drug-likeness (QED) is 0.113. The van der Waals surface area contributed by atoms with E-state index in [0.717, 1.165) is 59.0 Å². The van der Waals surface area contributed by atoms with Gasteiger partial charge >= 0.3 is 0 Å². The Kier molecular flexibility index (Phi) is 11.7. The van der Waals surface area contributed by atoms with Gasteiger partial charge in [0, 0.05) is 57.7 Å². The summed E-state index contributed by atoms with van der Waals surface area (Å²) in [7, 11) is 4.20. The first-order valence-corrected chi connectivity index (χ1v) is 19.8. The van der Waals surface area contributed by atoms with Crippen molar-refractivity contribution in [3.8, 4) is 21.0 Å². The maximum absolute atomic E-state index is 13.3. The fraction of sp³-hybridized carbons (Fsp3) is 0.238. The standard InChI is InChI=1S/C42H42N8O3S2/c1-27-6-11-32(45-39(51)31-23-33(26-43-25-31)46-40(52)38-13-12-37(55-38)36-5-4-22-54-36)24-35(27)48-42-44-18-14-34(47-42)29-7-9-30(10-8-29)41(53)50-20-16-28(17-21-50)15-19-49(2)3/h4-14,18,22-26,28H,15-17,19-21H2,1-3H3,(H,45,51)(H,46,52)(H,44,47,48). The highest BCUT2D eigenvalue weighted by molar-refractivity contribution is 7.22. The van der Waals surface area contributed by atoms with Crippen molar-refractivity contribution in [2.24, 2.45) is 5.92 Å². The topological polar surface area (TPSA) is 132 Å². The van der Waals surface area contributed by atoms with Crippen LogP contribution in [0.1, 0.15) is 55.2 Å². The van der Waals surface area contributed by atoms with Crippen molar-refractivity contribution in [2.45, 2.75) is 26.2 Å². The first kappa shape index (κ1) is 37.6. The summed E-state index contributed by atoms with van der Waals surface area (Å²) in [5, 5.41) is 11.1. The van der Waals surface area contributed by atoms with Crippen LogP contribution in [0.2, 0.25) is 0 Å². The lowest BCUT2D eigenvalue weighted by Gasteiger charge is -2.32. The van der Waals surface area contributed by atoms with Gasteiger partial charge in [0.1, 0.15) is 0 Å². The van der Waals surface area contributed by atoms with Crippen LogP contribution in [0.4, 0.5) is 23.0 Å². The summed E-state index contributed by atoms with van der Waals surface area (Å²) in [4.78, 5) is 59.8.